The Labute approximate surface area is 189 Å². The quantitative estimate of drug-likeness (QED) is 0.127. The van der Waals surface area contributed by atoms with Crippen LogP contribution < -0.4 is 26.7 Å². The second kappa shape index (κ2) is 11.7. The second-order valence-corrected chi connectivity index (χ2v) is 7.19. The van der Waals surface area contributed by atoms with Crippen molar-refractivity contribution in [2.45, 2.75) is 26.2 Å². The van der Waals surface area contributed by atoms with Crippen LogP contribution in [0, 0.1) is 6.92 Å². The number of hydrogen-bond acceptors (Lipinski definition) is 7. The number of anilines is 1. The summed E-state index contributed by atoms with van der Waals surface area (Å²) in [6.45, 7) is 1.81. The van der Waals surface area contributed by atoms with Gasteiger partial charge in [-0.1, -0.05) is 11.6 Å². The Hall–Kier alpha value is -3.63. The molecule has 0 fully saturated rings. The number of hydrazine groups is 1. The molecule has 0 saturated heterocycles. The second-order valence-electron chi connectivity index (χ2n) is 6.76. The molecule has 0 aliphatic rings. The van der Waals surface area contributed by atoms with E-state index < -0.39 is 6.03 Å². The summed E-state index contributed by atoms with van der Waals surface area (Å²) in [6, 6.07) is 8.48. The Morgan fingerprint density at radius 1 is 1.16 bits per heavy atom. The number of benzene rings is 2. The van der Waals surface area contributed by atoms with Gasteiger partial charge in [0.15, 0.2) is 17.3 Å². The fourth-order valence-electron chi connectivity index (χ4n) is 2.72. The van der Waals surface area contributed by atoms with Crippen LogP contribution in [-0.4, -0.2) is 35.6 Å². The Morgan fingerprint density at radius 3 is 2.56 bits per heavy atom. The summed E-state index contributed by atoms with van der Waals surface area (Å²) in [7, 11) is 1.37. The Bertz CT molecular complexity index is 1040. The van der Waals surface area contributed by atoms with Gasteiger partial charge in [-0.15, -0.1) is 0 Å². The van der Waals surface area contributed by atoms with Crippen molar-refractivity contribution in [3.8, 4) is 11.5 Å². The van der Waals surface area contributed by atoms with Crippen LogP contribution in [0.25, 0.3) is 0 Å². The number of phenols is 1. The zero-order chi connectivity index (χ0) is 23.7. The number of phenolic OH excluding ortho intramolecular Hbond substituents is 1. The first-order valence-corrected chi connectivity index (χ1v) is 9.89. The SMILES string of the molecule is COc1cc(C(=O)C/C(CCC(=O)Nc2ccc(Cl)cc2C)=N/NC(=O)NN)ccc1O. The van der Waals surface area contributed by atoms with Gasteiger partial charge in [-0.25, -0.2) is 16.1 Å². The van der Waals surface area contributed by atoms with Crippen molar-refractivity contribution in [1.29, 1.82) is 0 Å². The van der Waals surface area contributed by atoms with Crippen LogP contribution in [0.5, 0.6) is 11.5 Å². The molecule has 0 aromatic heterocycles. The molecular weight excluding hydrogens is 438 g/mol. The number of rotatable bonds is 9. The van der Waals surface area contributed by atoms with Gasteiger partial charge in [0.05, 0.1) is 13.5 Å². The van der Waals surface area contributed by atoms with E-state index in [0.29, 0.717) is 10.7 Å². The van der Waals surface area contributed by atoms with Gasteiger partial charge in [-0.2, -0.15) is 5.10 Å². The van der Waals surface area contributed by atoms with E-state index in [-0.39, 0.29) is 53.7 Å². The number of carbonyl (C=O) groups excluding carboxylic acids is 3. The van der Waals surface area contributed by atoms with Crippen molar-refractivity contribution in [2.24, 2.45) is 10.9 Å². The molecule has 2 aromatic carbocycles. The molecule has 0 aliphatic carbocycles. The molecule has 0 radical (unpaired) electrons. The molecule has 0 heterocycles. The third kappa shape index (κ3) is 7.25. The molecule has 0 bridgehead atoms. The smallest absolute Gasteiger partial charge is 0.349 e. The highest BCUT2D eigenvalue weighted by Crippen LogP contribution is 2.27. The molecule has 2 aromatic rings. The van der Waals surface area contributed by atoms with Gasteiger partial charge in [0.25, 0.3) is 0 Å². The topological polar surface area (TPSA) is 155 Å². The molecule has 11 heteroatoms. The summed E-state index contributed by atoms with van der Waals surface area (Å²) >= 11 is 5.92. The maximum atomic E-state index is 12.7. The van der Waals surface area contributed by atoms with Gasteiger partial charge < -0.3 is 15.2 Å². The lowest BCUT2D eigenvalue weighted by atomic mass is 10.0. The zero-order valence-corrected chi connectivity index (χ0v) is 18.3. The summed E-state index contributed by atoms with van der Waals surface area (Å²) < 4.78 is 5.01. The van der Waals surface area contributed by atoms with E-state index in [0.717, 1.165) is 5.56 Å². The van der Waals surface area contributed by atoms with Crippen LogP contribution in [0.15, 0.2) is 41.5 Å². The first-order chi connectivity index (χ1) is 15.2. The van der Waals surface area contributed by atoms with Crippen molar-refractivity contribution in [3.05, 3.63) is 52.5 Å². The number of aryl methyl sites for hydroxylation is 1. The van der Waals surface area contributed by atoms with Gasteiger partial charge in [-0.3, -0.25) is 15.0 Å². The first kappa shape index (κ1) is 24.6. The number of nitrogens with two attached hydrogens (primary N) is 1. The number of hydrogen-bond donors (Lipinski definition) is 5. The first-order valence-electron chi connectivity index (χ1n) is 9.51. The number of amides is 3. The lowest BCUT2D eigenvalue weighted by Crippen LogP contribution is -2.37. The molecule has 0 atom stereocenters. The standard InChI is InChI=1S/C21H24ClN5O5/c1-12-9-14(22)4-6-16(12)24-20(30)8-5-15(26-27-21(31)25-23)11-18(29)13-3-7-17(28)19(10-13)32-2/h3-4,6-7,9-10,28H,5,8,11,23H2,1-2H3,(H,24,30)(H2,25,27,31)/b26-15+. The molecule has 6 N–H and O–H groups in total. The van der Waals surface area contributed by atoms with Crippen molar-refractivity contribution in [1.82, 2.24) is 10.9 Å². The van der Waals surface area contributed by atoms with E-state index >= 15 is 0 Å². The molecule has 170 valence electrons. The fraction of sp³-hybridized carbons (Fsp3) is 0.238. The van der Waals surface area contributed by atoms with E-state index in [2.05, 4.69) is 15.8 Å². The summed E-state index contributed by atoms with van der Waals surface area (Å²) in [6.07, 6.45) is -0.0602. The van der Waals surface area contributed by atoms with Crippen molar-refractivity contribution < 1.29 is 24.2 Å². The number of ether oxygens (including phenoxy) is 1. The highest BCUT2D eigenvalue weighted by Gasteiger charge is 2.15. The number of carbonyl (C=O) groups is 3. The van der Waals surface area contributed by atoms with E-state index in [1.165, 1.54) is 25.3 Å². The molecule has 2 rings (SSSR count). The predicted octanol–water partition coefficient (Wildman–Crippen LogP) is 2.88. The molecule has 0 spiro atoms. The number of Topliss-reactive ketones (excluding diaryl/α,β-unsaturated/α-hetero) is 1. The van der Waals surface area contributed by atoms with Crippen LogP contribution in [-0.2, 0) is 4.79 Å². The van der Waals surface area contributed by atoms with Crippen molar-refractivity contribution >= 4 is 40.7 Å². The maximum absolute atomic E-state index is 12.7. The van der Waals surface area contributed by atoms with Crippen LogP contribution >= 0.6 is 11.6 Å². The summed E-state index contributed by atoms with van der Waals surface area (Å²) in [5.74, 6) is 4.42. The van der Waals surface area contributed by atoms with E-state index in [9.17, 15) is 19.5 Å². The third-order valence-corrected chi connectivity index (χ3v) is 4.65. The van der Waals surface area contributed by atoms with E-state index in [1.807, 2.05) is 12.3 Å². The molecule has 3 amide bonds. The number of hydrazone groups is 1. The molecule has 32 heavy (non-hydrogen) atoms. The lowest BCUT2D eigenvalue weighted by Gasteiger charge is -2.10. The van der Waals surface area contributed by atoms with Gasteiger partial charge >= 0.3 is 6.03 Å². The highest BCUT2D eigenvalue weighted by atomic mass is 35.5. The average molecular weight is 462 g/mol. The number of aromatic hydroxyl groups is 1. The molecule has 10 nitrogen and oxygen atoms in total. The highest BCUT2D eigenvalue weighted by molar-refractivity contribution is 6.30. The monoisotopic (exact) mass is 461 g/mol. The lowest BCUT2D eigenvalue weighted by molar-refractivity contribution is -0.116. The number of nitrogens with zero attached hydrogens (tertiary/aromatic N) is 1. The summed E-state index contributed by atoms with van der Waals surface area (Å²) in [4.78, 5) is 36.4. The molecule has 0 unspecified atom stereocenters. The van der Waals surface area contributed by atoms with Gasteiger partial charge in [0.2, 0.25) is 5.91 Å². The number of nitrogens with one attached hydrogen (secondary N) is 3. The van der Waals surface area contributed by atoms with Crippen LogP contribution in [0.1, 0.15) is 35.2 Å². The Kier molecular flexibility index (Phi) is 8.99. The minimum Gasteiger partial charge on any atom is -0.504 e. The predicted molar refractivity (Wildman–Crippen MR) is 121 cm³/mol. The maximum Gasteiger partial charge on any atom is 0.349 e. The van der Waals surface area contributed by atoms with Gasteiger partial charge in [0.1, 0.15) is 0 Å². The number of ketones is 1. The largest absolute Gasteiger partial charge is 0.504 e. The minimum atomic E-state index is -0.775. The van der Waals surface area contributed by atoms with Crippen molar-refractivity contribution in [3.63, 3.8) is 0 Å². The number of halogens is 1. The molecule has 0 saturated carbocycles. The van der Waals surface area contributed by atoms with E-state index in [1.54, 1.807) is 18.2 Å². The average Bonchev–Trinajstić information content (AvgIpc) is 2.77. The van der Waals surface area contributed by atoms with E-state index in [4.69, 9.17) is 22.2 Å². The summed E-state index contributed by atoms with van der Waals surface area (Å²) in [5.41, 5.74) is 5.97. The van der Waals surface area contributed by atoms with Crippen LogP contribution in [0.2, 0.25) is 5.02 Å². The number of urea groups is 1. The minimum absolute atomic E-state index is 0.0129. The molecule has 0 aliphatic heterocycles. The van der Waals surface area contributed by atoms with Crippen molar-refractivity contribution in [2.75, 3.05) is 12.4 Å². The Balaban J connectivity index is 2.08. The van der Waals surface area contributed by atoms with Crippen LogP contribution in [0.4, 0.5) is 10.5 Å². The van der Waals surface area contributed by atoms with Gasteiger partial charge in [-0.05, 0) is 55.3 Å². The molecular formula is C21H24ClN5O5. The Morgan fingerprint density at radius 2 is 1.91 bits per heavy atom. The number of methoxy groups -OCH3 is 1. The third-order valence-electron chi connectivity index (χ3n) is 4.42. The zero-order valence-electron chi connectivity index (χ0n) is 17.6. The normalized spacial score (nSPS) is 10.9. The van der Waals surface area contributed by atoms with Crippen LogP contribution in [0.3, 0.4) is 0 Å². The van der Waals surface area contributed by atoms with Gasteiger partial charge in [0, 0.05) is 28.4 Å². The summed E-state index contributed by atoms with van der Waals surface area (Å²) in [5, 5.41) is 16.9. The fourth-order valence-corrected chi connectivity index (χ4v) is 2.95.